The number of nitrogens with two attached hydrogens (primary N) is 1. The molecule has 3 rings (SSSR count). The zero-order valence-corrected chi connectivity index (χ0v) is 11.8. The summed E-state index contributed by atoms with van der Waals surface area (Å²) in [5.74, 6) is 2.28. The Morgan fingerprint density at radius 1 is 1.00 bits per heavy atom. The highest BCUT2D eigenvalue weighted by Crippen LogP contribution is 2.32. The van der Waals surface area contributed by atoms with Crippen LogP contribution in [0.1, 0.15) is 11.1 Å². The number of hydrogen-bond donors (Lipinski definition) is 1. The third-order valence-electron chi connectivity index (χ3n) is 3.20. The summed E-state index contributed by atoms with van der Waals surface area (Å²) in [6.45, 7) is 1.24. The quantitative estimate of drug-likeness (QED) is 0.857. The van der Waals surface area contributed by atoms with Gasteiger partial charge in [0.15, 0.2) is 11.5 Å². The Morgan fingerprint density at radius 2 is 1.81 bits per heavy atom. The Labute approximate surface area is 123 Å². The van der Waals surface area contributed by atoms with Crippen LogP contribution in [-0.2, 0) is 18.0 Å². The van der Waals surface area contributed by atoms with E-state index in [2.05, 4.69) is 0 Å². The minimum Gasteiger partial charge on any atom is -0.497 e. The van der Waals surface area contributed by atoms with Gasteiger partial charge in [-0.15, -0.1) is 0 Å². The summed E-state index contributed by atoms with van der Waals surface area (Å²) in [6, 6.07) is 11.4. The molecule has 1 aliphatic heterocycles. The lowest BCUT2D eigenvalue weighted by molar-refractivity contribution is 0.107. The Morgan fingerprint density at radius 3 is 2.67 bits per heavy atom. The van der Waals surface area contributed by atoms with Gasteiger partial charge in [0, 0.05) is 11.8 Å². The third kappa shape index (κ3) is 3.20. The number of ether oxygens (including phenoxy) is 4. The Balaban J connectivity index is 1.60. The van der Waals surface area contributed by atoms with Crippen LogP contribution in [0.15, 0.2) is 36.4 Å². The van der Waals surface area contributed by atoms with Gasteiger partial charge in [0.1, 0.15) is 5.75 Å². The number of anilines is 1. The topological polar surface area (TPSA) is 62.9 Å². The van der Waals surface area contributed by atoms with Crippen molar-refractivity contribution in [1.29, 1.82) is 0 Å². The van der Waals surface area contributed by atoms with Crippen LogP contribution in [0.4, 0.5) is 5.69 Å². The van der Waals surface area contributed by atoms with E-state index < -0.39 is 0 Å². The lowest BCUT2D eigenvalue weighted by Crippen LogP contribution is -1.97. The van der Waals surface area contributed by atoms with Crippen LogP contribution in [-0.4, -0.2) is 13.9 Å². The molecule has 0 bridgehead atoms. The second-order valence-electron chi connectivity index (χ2n) is 4.79. The van der Waals surface area contributed by atoms with Crippen LogP contribution in [0, 0.1) is 0 Å². The van der Waals surface area contributed by atoms with Crippen molar-refractivity contribution in [3.63, 3.8) is 0 Å². The summed E-state index contributed by atoms with van der Waals surface area (Å²) < 4.78 is 21.5. The molecule has 1 aliphatic rings. The first-order chi connectivity index (χ1) is 10.2. The number of fused-ring (bicyclic) bond motifs is 1. The molecule has 2 N–H and O–H groups in total. The van der Waals surface area contributed by atoms with Crippen LogP contribution in [0.5, 0.6) is 17.2 Å². The van der Waals surface area contributed by atoms with Gasteiger partial charge in [-0.3, -0.25) is 0 Å². The summed E-state index contributed by atoms with van der Waals surface area (Å²) in [7, 11) is 1.62. The number of rotatable bonds is 5. The molecule has 0 saturated heterocycles. The van der Waals surface area contributed by atoms with Gasteiger partial charge in [0.25, 0.3) is 0 Å². The number of hydrogen-bond acceptors (Lipinski definition) is 5. The van der Waals surface area contributed by atoms with E-state index >= 15 is 0 Å². The smallest absolute Gasteiger partial charge is 0.231 e. The van der Waals surface area contributed by atoms with Gasteiger partial charge in [-0.2, -0.15) is 0 Å². The fourth-order valence-electron chi connectivity index (χ4n) is 2.20. The standard InChI is InChI=1S/C16H17NO4/c1-18-14-5-12(4-13(17)7-14)9-19-8-11-2-3-15-16(6-11)21-10-20-15/h2-7H,8-10,17H2,1H3. The summed E-state index contributed by atoms with van der Waals surface area (Å²) in [5, 5.41) is 0. The second-order valence-corrected chi connectivity index (χ2v) is 4.79. The van der Waals surface area contributed by atoms with Crippen molar-refractivity contribution in [2.75, 3.05) is 19.6 Å². The molecule has 0 spiro atoms. The molecule has 110 valence electrons. The number of methoxy groups -OCH3 is 1. The maximum Gasteiger partial charge on any atom is 0.231 e. The van der Waals surface area contributed by atoms with Gasteiger partial charge >= 0.3 is 0 Å². The molecule has 0 saturated carbocycles. The lowest BCUT2D eigenvalue weighted by atomic mass is 10.2. The molecule has 1 heterocycles. The van der Waals surface area contributed by atoms with E-state index in [9.17, 15) is 0 Å². The molecule has 0 atom stereocenters. The molecule has 2 aromatic rings. The van der Waals surface area contributed by atoms with Gasteiger partial charge in [-0.1, -0.05) is 6.07 Å². The van der Waals surface area contributed by atoms with E-state index in [0.717, 1.165) is 28.4 Å². The number of nitrogen functional groups attached to an aromatic ring is 1. The molecule has 21 heavy (non-hydrogen) atoms. The van der Waals surface area contributed by atoms with E-state index in [-0.39, 0.29) is 6.79 Å². The minimum absolute atomic E-state index is 0.280. The monoisotopic (exact) mass is 287 g/mol. The van der Waals surface area contributed by atoms with E-state index in [4.69, 9.17) is 24.7 Å². The van der Waals surface area contributed by atoms with Crippen molar-refractivity contribution >= 4 is 5.69 Å². The Kier molecular flexibility index (Phi) is 3.83. The molecule has 0 aliphatic carbocycles. The van der Waals surface area contributed by atoms with Crippen molar-refractivity contribution < 1.29 is 18.9 Å². The maximum atomic E-state index is 5.81. The van der Waals surface area contributed by atoms with Gasteiger partial charge < -0.3 is 24.7 Å². The largest absolute Gasteiger partial charge is 0.497 e. The molecule has 2 aromatic carbocycles. The highest BCUT2D eigenvalue weighted by Gasteiger charge is 2.13. The highest BCUT2D eigenvalue weighted by atomic mass is 16.7. The molecular weight excluding hydrogens is 270 g/mol. The van der Waals surface area contributed by atoms with Gasteiger partial charge in [0.05, 0.1) is 20.3 Å². The predicted molar refractivity (Wildman–Crippen MR) is 78.5 cm³/mol. The molecule has 0 fully saturated rings. The summed E-state index contributed by atoms with van der Waals surface area (Å²) in [5.41, 5.74) is 8.49. The molecule has 5 heteroatoms. The molecule has 0 amide bonds. The van der Waals surface area contributed by atoms with E-state index in [0.29, 0.717) is 18.9 Å². The SMILES string of the molecule is COc1cc(N)cc(COCc2ccc3c(c2)OCO3)c1. The lowest BCUT2D eigenvalue weighted by Gasteiger charge is -2.08. The van der Waals surface area contributed by atoms with E-state index in [1.807, 2.05) is 30.3 Å². The predicted octanol–water partition coefficient (Wildman–Crippen LogP) is 2.72. The fraction of sp³-hybridized carbons (Fsp3) is 0.250. The summed E-state index contributed by atoms with van der Waals surface area (Å²) in [4.78, 5) is 0. The average molecular weight is 287 g/mol. The van der Waals surface area contributed by atoms with Crippen LogP contribution in [0.2, 0.25) is 0 Å². The first-order valence-corrected chi connectivity index (χ1v) is 6.64. The van der Waals surface area contributed by atoms with Crippen LogP contribution in [0.3, 0.4) is 0 Å². The van der Waals surface area contributed by atoms with Crippen molar-refractivity contribution in [3.05, 3.63) is 47.5 Å². The van der Waals surface area contributed by atoms with Crippen molar-refractivity contribution in [1.82, 2.24) is 0 Å². The molecule has 0 unspecified atom stereocenters. The van der Waals surface area contributed by atoms with E-state index in [1.165, 1.54) is 0 Å². The van der Waals surface area contributed by atoms with Crippen molar-refractivity contribution in [2.24, 2.45) is 0 Å². The van der Waals surface area contributed by atoms with Crippen molar-refractivity contribution in [2.45, 2.75) is 13.2 Å². The fourth-order valence-corrected chi connectivity index (χ4v) is 2.20. The normalized spacial score (nSPS) is 12.4. The molecular formula is C16H17NO4. The molecule has 0 aromatic heterocycles. The zero-order chi connectivity index (χ0) is 14.7. The average Bonchev–Trinajstić information content (AvgIpc) is 2.94. The van der Waals surface area contributed by atoms with Gasteiger partial charge in [-0.25, -0.2) is 0 Å². The second kappa shape index (κ2) is 5.93. The van der Waals surface area contributed by atoms with E-state index in [1.54, 1.807) is 13.2 Å². The Bertz CT molecular complexity index is 642. The van der Waals surface area contributed by atoms with Gasteiger partial charge in [-0.05, 0) is 35.4 Å². The molecule has 5 nitrogen and oxygen atoms in total. The van der Waals surface area contributed by atoms with Crippen LogP contribution < -0.4 is 19.9 Å². The third-order valence-corrected chi connectivity index (χ3v) is 3.20. The first-order valence-electron chi connectivity index (χ1n) is 6.64. The minimum atomic E-state index is 0.280. The maximum absolute atomic E-state index is 5.81. The first kappa shape index (κ1) is 13.6. The van der Waals surface area contributed by atoms with Crippen LogP contribution in [0.25, 0.3) is 0 Å². The zero-order valence-electron chi connectivity index (χ0n) is 11.8. The van der Waals surface area contributed by atoms with Crippen molar-refractivity contribution in [3.8, 4) is 17.2 Å². The molecule has 0 radical (unpaired) electrons. The summed E-state index contributed by atoms with van der Waals surface area (Å²) >= 11 is 0. The van der Waals surface area contributed by atoms with Gasteiger partial charge in [0.2, 0.25) is 6.79 Å². The number of benzene rings is 2. The van der Waals surface area contributed by atoms with Crippen LogP contribution >= 0.6 is 0 Å². The Hall–Kier alpha value is -2.40. The highest BCUT2D eigenvalue weighted by molar-refractivity contribution is 5.47. The summed E-state index contributed by atoms with van der Waals surface area (Å²) in [6.07, 6.45) is 0.